The van der Waals surface area contributed by atoms with Gasteiger partial charge in [-0.3, -0.25) is 9.97 Å². The fourth-order valence-electron chi connectivity index (χ4n) is 2.43. The second kappa shape index (κ2) is 4.32. The van der Waals surface area contributed by atoms with Gasteiger partial charge in [-0.15, -0.1) is 0 Å². The van der Waals surface area contributed by atoms with Gasteiger partial charge in [0, 0.05) is 29.7 Å². The molecule has 0 aliphatic carbocycles. The van der Waals surface area contributed by atoms with Crippen LogP contribution in [-0.2, 0) is 0 Å². The van der Waals surface area contributed by atoms with Crippen LogP contribution in [0.15, 0.2) is 55.0 Å². The molecule has 1 N–H and O–H groups in total. The minimum Gasteiger partial charge on any atom is -0.361 e. The van der Waals surface area contributed by atoms with E-state index in [1.807, 2.05) is 24.4 Å². The van der Waals surface area contributed by atoms with Gasteiger partial charge in [-0.05, 0) is 41.3 Å². The van der Waals surface area contributed by atoms with E-state index in [0.717, 1.165) is 33.1 Å². The normalized spacial score (nSPS) is 11.2. The van der Waals surface area contributed by atoms with E-state index < -0.39 is 0 Å². The minimum atomic E-state index is 0.688. The molecular weight excluding hydrogens is 270 g/mol. The molecule has 0 saturated carbocycles. The lowest BCUT2D eigenvalue weighted by atomic mass is 10.0. The molecule has 4 aromatic rings. The number of aromatic amines is 1. The lowest BCUT2D eigenvalue weighted by molar-refractivity contribution is 1.29. The van der Waals surface area contributed by atoms with Gasteiger partial charge >= 0.3 is 0 Å². The van der Waals surface area contributed by atoms with Crippen molar-refractivity contribution in [3.8, 4) is 11.1 Å². The molecule has 0 aliphatic rings. The summed E-state index contributed by atoms with van der Waals surface area (Å²) >= 11 is 6.39. The van der Waals surface area contributed by atoms with E-state index in [1.165, 1.54) is 0 Å². The third-order valence-electron chi connectivity index (χ3n) is 3.42. The van der Waals surface area contributed by atoms with Crippen molar-refractivity contribution in [2.24, 2.45) is 0 Å². The highest BCUT2D eigenvalue weighted by Gasteiger charge is 2.08. The van der Waals surface area contributed by atoms with Crippen molar-refractivity contribution in [2.45, 2.75) is 0 Å². The van der Waals surface area contributed by atoms with Crippen LogP contribution in [-0.4, -0.2) is 15.0 Å². The van der Waals surface area contributed by atoms with Crippen LogP contribution in [0.2, 0.25) is 5.02 Å². The Morgan fingerprint density at radius 3 is 2.55 bits per heavy atom. The third kappa shape index (κ3) is 1.75. The summed E-state index contributed by atoms with van der Waals surface area (Å²) in [6.45, 7) is 0. The van der Waals surface area contributed by atoms with E-state index >= 15 is 0 Å². The zero-order chi connectivity index (χ0) is 13.5. The average molecular weight is 280 g/mol. The number of aromatic nitrogens is 3. The summed E-state index contributed by atoms with van der Waals surface area (Å²) in [6.07, 6.45) is 5.29. The van der Waals surface area contributed by atoms with Crippen LogP contribution in [0, 0.1) is 0 Å². The molecule has 0 atom stereocenters. The number of nitrogens with one attached hydrogen (secondary N) is 1. The molecule has 3 nitrogen and oxygen atoms in total. The van der Waals surface area contributed by atoms with Crippen molar-refractivity contribution < 1.29 is 0 Å². The van der Waals surface area contributed by atoms with E-state index in [1.54, 1.807) is 12.4 Å². The molecule has 2 heterocycles. The number of rotatable bonds is 1. The fraction of sp³-hybridized carbons (Fsp3) is 0. The molecule has 0 fully saturated rings. The number of halogens is 1. The molecule has 0 radical (unpaired) electrons. The summed E-state index contributed by atoms with van der Waals surface area (Å²) in [7, 11) is 0. The van der Waals surface area contributed by atoms with Gasteiger partial charge in [-0.25, -0.2) is 0 Å². The minimum absolute atomic E-state index is 0.688. The van der Waals surface area contributed by atoms with Crippen LogP contribution in [0.3, 0.4) is 0 Å². The molecule has 0 aliphatic heterocycles. The molecule has 2 aromatic heterocycles. The van der Waals surface area contributed by atoms with Crippen molar-refractivity contribution in [2.75, 3.05) is 0 Å². The molecule has 0 amide bonds. The van der Waals surface area contributed by atoms with Gasteiger partial charge in [0.2, 0.25) is 0 Å². The number of hydrogen-bond acceptors (Lipinski definition) is 2. The van der Waals surface area contributed by atoms with Crippen LogP contribution in [0.4, 0.5) is 0 Å². The topological polar surface area (TPSA) is 41.6 Å². The molecule has 2 aromatic carbocycles. The van der Waals surface area contributed by atoms with Gasteiger partial charge in [-0.1, -0.05) is 17.7 Å². The highest BCUT2D eigenvalue weighted by Crippen LogP contribution is 2.32. The van der Waals surface area contributed by atoms with Crippen molar-refractivity contribution in [3.63, 3.8) is 0 Å². The van der Waals surface area contributed by atoms with Crippen molar-refractivity contribution in [1.82, 2.24) is 15.0 Å². The first kappa shape index (κ1) is 11.4. The zero-order valence-electron chi connectivity index (χ0n) is 10.5. The zero-order valence-corrected chi connectivity index (χ0v) is 11.2. The van der Waals surface area contributed by atoms with Crippen LogP contribution >= 0.6 is 11.6 Å². The maximum absolute atomic E-state index is 6.39. The van der Waals surface area contributed by atoms with Crippen LogP contribution in [0.5, 0.6) is 0 Å². The maximum atomic E-state index is 6.39. The Morgan fingerprint density at radius 2 is 1.70 bits per heavy atom. The predicted octanol–water partition coefficient (Wildman–Crippen LogP) is 4.43. The molecule has 4 rings (SSSR count). The first-order valence-corrected chi connectivity index (χ1v) is 6.67. The lowest BCUT2D eigenvalue weighted by Crippen LogP contribution is -1.86. The van der Waals surface area contributed by atoms with E-state index in [4.69, 9.17) is 11.6 Å². The van der Waals surface area contributed by atoms with E-state index in [9.17, 15) is 0 Å². The van der Waals surface area contributed by atoms with E-state index in [-0.39, 0.29) is 0 Å². The monoisotopic (exact) mass is 279 g/mol. The van der Waals surface area contributed by atoms with Crippen LogP contribution < -0.4 is 0 Å². The Morgan fingerprint density at radius 1 is 0.900 bits per heavy atom. The van der Waals surface area contributed by atoms with Gasteiger partial charge in [0.1, 0.15) is 0 Å². The summed E-state index contributed by atoms with van der Waals surface area (Å²) in [4.78, 5) is 11.8. The van der Waals surface area contributed by atoms with Crippen molar-refractivity contribution in [1.29, 1.82) is 0 Å². The Kier molecular flexibility index (Phi) is 2.47. The number of nitrogens with zero attached hydrogens (tertiary/aromatic N) is 2. The van der Waals surface area contributed by atoms with Gasteiger partial charge in [0.25, 0.3) is 0 Å². The van der Waals surface area contributed by atoms with Crippen molar-refractivity contribution in [3.05, 3.63) is 60.0 Å². The average Bonchev–Trinajstić information content (AvgIpc) is 2.94. The molecule has 4 heteroatoms. The summed E-state index contributed by atoms with van der Waals surface area (Å²) in [5.74, 6) is 0. The molecule has 96 valence electrons. The number of benzene rings is 2. The molecule has 0 saturated heterocycles. The largest absolute Gasteiger partial charge is 0.361 e. The Hall–Kier alpha value is -2.39. The SMILES string of the molecule is Clc1cc2nccnc2cc1-c1ccc2[nH]ccc2c1. The second-order valence-electron chi connectivity index (χ2n) is 4.66. The number of H-pyrrole nitrogens is 1. The summed E-state index contributed by atoms with van der Waals surface area (Å²) in [5.41, 5.74) is 4.83. The van der Waals surface area contributed by atoms with E-state index in [0.29, 0.717) is 5.02 Å². The third-order valence-corrected chi connectivity index (χ3v) is 3.74. The molecule has 0 bridgehead atoms. The Labute approximate surface area is 120 Å². The molecule has 0 unspecified atom stereocenters. The second-order valence-corrected chi connectivity index (χ2v) is 5.06. The maximum Gasteiger partial charge on any atom is 0.0902 e. The first-order chi connectivity index (χ1) is 9.81. The summed E-state index contributed by atoms with van der Waals surface area (Å²) in [6, 6.07) is 12.1. The van der Waals surface area contributed by atoms with Gasteiger partial charge < -0.3 is 4.98 Å². The molecule has 20 heavy (non-hydrogen) atoms. The lowest BCUT2D eigenvalue weighted by Gasteiger charge is -2.06. The predicted molar refractivity (Wildman–Crippen MR) is 81.8 cm³/mol. The van der Waals surface area contributed by atoms with Crippen LogP contribution in [0.25, 0.3) is 33.1 Å². The highest BCUT2D eigenvalue weighted by atomic mass is 35.5. The smallest absolute Gasteiger partial charge is 0.0902 e. The number of hydrogen-bond donors (Lipinski definition) is 1. The Bertz CT molecular complexity index is 927. The highest BCUT2D eigenvalue weighted by molar-refractivity contribution is 6.34. The molecule has 0 spiro atoms. The first-order valence-electron chi connectivity index (χ1n) is 6.29. The van der Waals surface area contributed by atoms with Gasteiger partial charge in [0.15, 0.2) is 0 Å². The van der Waals surface area contributed by atoms with Crippen LogP contribution in [0.1, 0.15) is 0 Å². The summed E-state index contributed by atoms with van der Waals surface area (Å²) in [5, 5.41) is 1.85. The quantitative estimate of drug-likeness (QED) is 0.560. The van der Waals surface area contributed by atoms with Gasteiger partial charge in [0.05, 0.1) is 16.1 Å². The number of fused-ring (bicyclic) bond motifs is 2. The summed E-state index contributed by atoms with van der Waals surface area (Å²) < 4.78 is 0. The standard InChI is InChI=1S/C16H10ClN3/c17-13-9-16-15(19-5-6-20-16)8-12(13)10-1-2-14-11(7-10)3-4-18-14/h1-9,18H. The van der Waals surface area contributed by atoms with Gasteiger partial charge in [-0.2, -0.15) is 0 Å². The fourth-order valence-corrected chi connectivity index (χ4v) is 2.69. The molecular formula is C16H10ClN3. The van der Waals surface area contributed by atoms with E-state index in [2.05, 4.69) is 33.2 Å². The Balaban J connectivity index is 1.98. The van der Waals surface area contributed by atoms with Crippen molar-refractivity contribution >= 4 is 33.5 Å².